The Labute approximate surface area is 70.2 Å². The first-order valence-electron chi connectivity index (χ1n) is 4.97. The molecule has 0 nitrogen and oxygen atoms in total. The average Bonchev–Trinajstić information content (AvgIpc) is 2.03. The van der Waals surface area contributed by atoms with Crippen LogP contribution in [0.3, 0.4) is 0 Å². The Morgan fingerprint density at radius 3 is 1.64 bits per heavy atom. The Morgan fingerprint density at radius 2 is 1.18 bits per heavy atom. The van der Waals surface area contributed by atoms with Gasteiger partial charge in [-0.1, -0.05) is 51.9 Å². The van der Waals surface area contributed by atoms with Gasteiger partial charge in [0.25, 0.3) is 0 Å². The first-order valence-corrected chi connectivity index (χ1v) is 4.97. The quantitative estimate of drug-likeness (QED) is 0.469. The zero-order chi connectivity index (χ0) is 8.36. The van der Waals surface area contributed by atoms with Gasteiger partial charge < -0.3 is 0 Å². The number of alkyl halides is 1. The lowest BCUT2D eigenvalue weighted by Gasteiger charge is -1.98. The minimum Gasteiger partial charge on any atom is -0.251 e. The molecule has 0 fully saturated rings. The number of hydrogen-bond donors (Lipinski definition) is 0. The molecule has 0 aliphatic carbocycles. The van der Waals surface area contributed by atoms with E-state index in [1.807, 2.05) is 0 Å². The fourth-order valence-electron chi connectivity index (χ4n) is 1.23. The smallest absolute Gasteiger partial charge is 0.0894 e. The summed E-state index contributed by atoms with van der Waals surface area (Å²) in [4.78, 5) is 0. The molecule has 0 atom stereocenters. The van der Waals surface area contributed by atoms with Gasteiger partial charge in [-0.3, -0.25) is 4.39 Å². The molecule has 0 aliphatic heterocycles. The van der Waals surface area contributed by atoms with E-state index in [0.29, 0.717) is 0 Å². The minimum absolute atomic E-state index is 0.130. The third-order valence-electron chi connectivity index (χ3n) is 1.99. The van der Waals surface area contributed by atoms with Crippen molar-refractivity contribution in [2.75, 3.05) is 6.67 Å². The molecule has 0 bridgehead atoms. The standard InChI is InChI=1S/C10H21F/c1-2-3-4-5-6-7-8-9-10-11/h2-10H2,1H3. The highest BCUT2D eigenvalue weighted by atomic mass is 19.1. The van der Waals surface area contributed by atoms with Gasteiger partial charge >= 0.3 is 0 Å². The van der Waals surface area contributed by atoms with Crippen LogP contribution in [0.15, 0.2) is 0 Å². The van der Waals surface area contributed by atoms with Gasteiger partial charge in [-0.15, -0.1) is 0 Å². The molecule has 68 valence electrons. The molecule has 0 spiro atoms. The Kier molecular flexibility index (Phi) is 9.87. The zero-order valence-corrected chi connectivity index (χ0v) is 7.74. The van der Waals surface area contributed by atoms with Crippen LogP contribution in [0.2, 0.25) is 0 Å². The van der Waals surface area contributed by atoms with Crippen molar-refractivity contribution in [2.24, 2.45) is 0 Å². The van der Waals surface area contributed by atoms with E-state index in [1.165, 1.54) is 38.5 Å². The van der Waals surface area contributed by atoms with Gasteiger partial charge in [0.05, 0.1) is 6.67 Å². The van der Waals surface area contributed by atoms with Crippen molar-refractivity contribution in [3.8, 4) is 0 Å². The molecule has 0 saturated heterocycles. The molecule has 0 amide bonds. The second kappa shape index (κ2) is 9.93. The molecule has 11 heavy (non-hydrogen) atoms. The highest BCUT2D eigenvalue weighted by Gasteiger charge is 1.89. The van der Waals surface area contributed by atoms with Gasteiger partial charge in [0, 0.05) is 0 Å². The van der Waals surface area contributed by atoms with Crippen molar-refractivity contribution in [1.82, 2.24) is 0 Å². The monoisotopic (exact) mass is 160 g/mol. The van der Waals surface area contributed by atoms with Crippen LogP contribution < -0.4 is 0 Å². The van der Waals surface area contributed by atoms with Gasteiger partial charge in [0.15, 0.2) is 0 Å². The van der Waals surface area contributed by atoms with E-state index in [4.69, 9.17) is 0 Å². The maximum absolute atomic E-state index is 11.6. The summed E-state index contributed by atoms with van der Waals surface area (Å²) in [6.07, 6.45) is 9.78. The van der Waals surface area contributed by atoms with E-state index in [-0.39, 0.29) is 6.67 Å². The second-order valence-corrected chi connectivity index (χ2v) is 3.16. The number of halogens is 1. The molecule has 0 unspecified atom stereocenters. The van der Waals surface area contributed by atoms with Crippen LogP contribution >= 0.6 is 0 Å². The van der Waals surface area contributed by atoms with E-state index < -0.39 is 0 Å². The molecule has 0 aromatic heterocycles. The summed E-state index contributed by atoms with van der Waals surface area (Å²) in [6.45, 7) is 2.10. The molecular formula is C10H21F. The molecule has 0 aromatic carbocycles. The van der Waals surface area contributed by atoms with Gasteiger partial charge in [0.1, 0.15) is 0 Å². The van der Waals surface area contributed by atoms with Crippen LogP contribution in [0.25, 0.3) is 0 Å². The van der Waals surface area contributed by atoms with Gasteiger partial charge in [-0.05, 0) is 6.42 Å². The summed E-state index contributed by atoms with van der Waals surface area (Å²) in [5.74, 6) is 0. The lowest BCUT2D eigenvalue weighted by molar-refractivity contribution is 0.449. The average molecular weight is 160 g/mol. The lowest BCUT2D eigenvalue weighted by atomic mass is 10.1. The highest BCUT2D eigenvalue weighted by molar-refractivity contribution is 4.44. The summed E-state index contributed by atoms with van der Waals surface area (Å²) in [5.41, 5.74) is 0. The number of rotatable bonds is 8. The van der Waals surface area contributed by atoms with Crippen LogP contribution in [-0.2, 0) is 0 Å². The fourth-order valence-corrected chi connectivity index (χ4v) is 1.23. The number of hydrogen-bond acceptors (Lipinski definition) is 0. The maximum atomic E-state index is 11.6. The molecule has 0 saturated carbocycles. The molecule has 0 heterocycles. The topological polar surface area (TPSA) is 0 Å². The molecule has 0 N–H and O–H groups in total. The molecule has 1 heteroatoms. The van der Waals surface area contributed by atoms with Crippen molar-refractivity contribution >= 4 is 0 Å². The van der Waals surface area contributed by atoms with E-state index in [0.717, 1.165) is 12.8 Å². The van der Waals surface area contributed by atoms with Crippen molar-refractivity contribution < 1.29 is 4.39 Å². The Morgan fingerprint density at radius 1 is 0.727 bits per heavy atom. The molecule has 0 aromatic rings. The minimum atomic E-state index is -0.130. The third-order valence-corrected chi connectivity index (χ3v) is 1.99. The van der Waals surface area contributed by atoms with E-state index in [2.05, 4.69) is 6.92 Å². The normalized spacial score (nSPS) is 10.4. The van der Waals surface area contributed by atoms with Gasteiger partial charge in [-0.25, -0.2) is 0 Å². The van der Waals surface area contributed by atoms with Gasteiger partial charge in [-0.2, -0.15) is 0 Å². The lowest BCUT2D eigenvalue weighted by Crippen LogP contribution is -1.80. The fraction of sp³-hybridized carbons (Fsp3) is 1.00. The van der Waals surface area contributed by atoms with Crippen molar-refractivity contribution in [3.05, 3.63) is 0 Å². The predicted molar refractivity (Wildman–Crippen MR) is 48.6 cm³/mol. The summed E-state index contributed by atoms with van der Waals surface area (Å²) in [7, 11) is 0. The zero-order valence-electron chi connectivity index (χ0n) is 7.74. The van der Waals surface area contributed by atoms with E-state index in [1.54, 1.807) is 0 Å². The van der Waals surface area contributed by atoms with Crippen molar-refractivity contribution in [3.63, 3.8) is 0 Å². The molecule has 0 aliphatic rings. The molecule has 0 radical (unpaired) electrons. The van der Waals surface area contributed by atoms with Crippen LogP contribution in [0, 0.1) is 0 Å². The second-order valence-electron chi connectivity index (χ2n) is 3.16. The molecular weight excluding hydrogens is 139 g/mol. The van der Waals surface area contributed by atoms with Crippen LogP contribution in [0.1, 0.15) is 58.3 Å². The summed E-state index contributed by atoms with van der Waals surface area (Å²) in [5, 5.41) is 0. The van der Waals surface area contributed by atoms with E-state index in [9.17, 15) is 4.39 Å². The van der Waals surface area contributed by atoms with Crippen LogP contribution in [0.5, 0.6) is 0 Å². The first kappa shape index (κ1) is 10.9. The summed E-state index contributed by atoms with van der Waals surface area (Å²) >= 11 is 0. The van der Waals surface area contributed by atoms with Gasteiger partial charge in [0.2, 0.25) is 0 Å². The van der Waals surface area contributed by atoms with E-state index >= 15 is 0 Å². The van der Waals surface area contributed by atoms with Crippen LogP contribution in [0.4, 0.5) is 4.39 Å². The largest absolute Gasteiger partial charge is 0.251 e. The Bertz CT molecular complexity index is 53.9. The third kappa shape index (κ3) is 9.93. The van der Waals surface area contributed by atoms with Crippen molar-refractivity contribution in [2.45, 2.75) is 58.3 Å². The SMILES string of the molecule is CCCCCCCCCCF. The Hall–Kier alpha value is -0.0700. The first-order chi connectivity index (χ1) is 5.41. The van der Waals surface area contributed by atoms with Crippen LogP contribution in [-0.4, -0.2) is 6.67 Å². The predicted octanol–water partition coefficient (Wildman–Crippen LogP) is 4.10. The molecule has 0 rings (SSSR count). The highest BCUT2D eigenvalue weighted by Crippen LogP contribution is 2.07. The number of unbranched alkanes of at least 4 members (excludes halogenated alkanes) is 7. The van der Waals surface area contributed by atoms with Crippen molar-refractivity contribution in [1.29, 1.82) is 0 Å². The Balaban J connectivity index is 2.69. The summed E-state index contributed by atoms with van der Waals surface area (Å²) < 4.78 is 11.6. The maximum Gasteiger partial charge on any atom is 0.0894 e. The summed E-state index contributed by atoms with van der Waals surface area (Å²) in [6, 6.07) is 0.